The lowest BCUT2D eigenvalue weighted by Crippen LogP contribution is -2.07. The summed E-state index contributed by atoms with van der Waals surface area (Å²) in [5, 5.41) is 24.9. The van der Waals surface area contributed by atoms with Crippen LogP contribution in [0.4, 0.5) is 11.6 Å². The van der Waals surface area contributed by atoms with Crippen molar-refractivity contribution in [2.75, 3.05) is 23.8 Å². The summed E-state index contributed by atoms with van der Waals surface area (Å²) in [5.41, 5.74) is 9.53. The number of aliphatic hydroxyl groups is 2. The normalized spacial score (nSPS) is 14.8. The summed E-state index contributed by atoms with van der Waals surface area (Å²) in [6.45, 7) is 14.8. The third-order valence-electron chi connectivity index (χ3n) is 7.98. The molecule has 254 valence electrons. The molecular weight excluding hydrogens is 608 g/mol. The Hall–Kier alpha value is -5.08. The number of benzene rings is 2. The van der Waals surface area contributed by atoms with Gasteiger partial charge in [0.1, 0.15) is 11.6 Å². The van der Waals surface area contributed by atoms with E-state index >= 15 is 0 Å². The van der Waals surface area contributed by atoms with Gasteiger partial charge in [0.2, 0.25) is 0 Å². The highest BCUT2D eigenvalue weighted by molar-refractivity contribution is 5.47. The molecule has 7 nitrogen and oxygen atoms in total. The van der Waals surface area contributed by atoms with E-state index < -0.39 is 0 Å². The molecule has 5 rings (SSSR count). The van der Waals surface area contributed by atoms with Gasteiger partial charge in [-0.25, -0.2) is 9.97 Å². The van der Waals surface area contributed by atoms with Crippen LogP contribution in [0.5, 0.6) is 0 Å². The average Bonchev–Trinajstić information content (AvgIpc) is 3.12. The summed E-state index contributed by atoms with van der Waals surface area (Å²) < 4.78 is 5.89. The molecule has 1 atom stereocenters. The molecule has 0 radical (unpaired) electrons. The molecule has 0 spiro atoms. The second-order valence-electron chi connectivity index (χ2n) is 12.0. The van der Waals surface area contributed by atoms with E-state index in [0.717, 1.165) is 48.3 Å². The first-order valence-electron chi connectivity index (χ1n) is 16.6. The number of aryl methyl sites for hydroxylation is 4. The van der Waals surface area contributed by atoms with Crippen LogP contribution in [-0.4, -0.2) is 33.4 Å². The van der Waals surface area contributed by atoms with E-state index in [1.165, 1.54) is 22.3 Å². The van der Waals surface area contributed by atoms with Crippen molar-refractivity contribution in [3.05, 3.63) is 180 Å². The van der Waals surface area contributed by atoms with Crippen LogP contribution in [-0.2, 0) is 43.6 Å². The number of ether oxygens (including phenoxy) is 1. The Morgan fingerprint density at radius 2 is 1.61 bits per heavy atom. The first-order chi connectivity index (χ1) is 23.9. The third-order valence-corrected chi connectivity index (χ3v) is 7.98. The van der Waals surface area contributed by atoms with Crippen molar-refractivity contribution in [3.63, 3.8) is 0 Å². The molecule has 4 aromatic rings. The number of anilines is 2. The first-order valence-corrected chi connectivity index (χ1v) is 16.6. The fraction of sp³-hybridized carbons (Fsp3) is 0.238. The molecule has 7 heteroatoms. The monoisotopic (exact) mass is 656 g/mol. The lowest BCUT2D eigenvalue weighted by Gasteiger charge is -2.12. The number of nitrogens with zero attached hydrogens (tertiary/aromatic N) is 2. The van der Waals surface area contributed by atoms with Crippen molar-refractivity contribution < 1.29 is 14.9 Å². The van der Waals surface area contributed by atoms with E-state index in [0.29, 0.717) is 30.3 Å². The molecule has 4 N–H and O–H groups in total. The summed E-state index contributed by atoms with van der Waals surface area (Å²) in [6, 6.07) is 24.8. The number of hydrogen-bond acceptors (Lipinski definition) is 7. The fourth-order valence-corrected chi connectivity index (χ4v) is 5.39. The molecular formula is C42H48N4O3. The molecule has 0 amide bonds. The zero-order valence-electron chi connectivity index (χ0n) is 28.4. The van der Waals surface area contributed by atoms with Gasteiger partial charge in [-0.2, -0.15) is 0 Å². The fourth-order valence-electron chi connectivity index (χ4n) is 5.39. The highest BCUT2D eigenvalue weighted by atomic mass is 16.5. The van der Waals surface area contributed by atoms with Crippen LogP contribution >= 0.6 is 0 Å². The zero-order chi connectivity index (χ0) is 34.8. The minimum atomic E-state index is -0.0788. The van der Waals surface area contributed by atoms with Crippen LogP contribution < -0.4 is 10.6 Å². The summed E-state index contributed by atoms with van der Waals surface area (Å²) in [4.78, 5) is 8.71. The average molecular weight is 657 g/mol. The molecule has 49 heavy (non-hydrogen) atoms. The number of fused-ring (bicyclic) bond motifs is 4. The molecule has 2 aromatic carbocycles. The van der Waals surface area contributed by atoms with Gasteiger partial charge in [0.25, 0.3) is 0 Å². The van der Waals surface area contributed by atoms with Gasteiger partial charge < -0.3 is 25.6 Å². The number of nitrogens with one attached hydrogen (secondary N) is 2. The van der Waals surface area contributed by atoms with Gasteiger partial charge in [-0.05, 0) is 102 Å². The topological polar surface area (TPSA) is 99.5 Å². The Morgan fingerprint density at radius 1 is 0.898 bits per heavy atom. The van der Waals surface area contributed by atoms with Crippen molar-refractivity contribution in [2.24, 2.45) is 5.92 Å². The van der Waals surface area contributed by atoms with E-state index in [1.807, 2.05) is 49.5 Å². The summed E-state index contributed by atoms with van der Waals surface area (Å²) in [5.74, 6) is 1.77. The zero-order valence-corrected chi connectivity index (χ0v) is 28.4. The lowest BCUT2D eigenvalue weighted by atomic mass is 10.0. The standard InChI is InChI=1S/C21H24N2O2.C21H24N2O/c1-3-17(14-24)11-16(2)23-21-13-19(9-10-22-21)8-7-18-5-4-6-20(12-18)15-25;1-3-17-11-16(2)23-21-13-19(9-10-22-21)8-7-18-5-4-6-20(12-18)15-24-14-17/h3-6,9-13,24-25H,1-2,7-8,14-15H2,(H,22,23);3-6,9-13,17H,1,7-8,14-15H2,2H3,(H,22,23). The molecule has 1 unspecified atom stereocenters. The van der Waals surface area contributed by atoms with Gasteiger partial charge in [0.05, 0.1) is 26.4 Å². The van der Waals surface area contributed by atoms with Gasteiger partial charge in [0.15, 0.2) is 0 Å². The van der Waals surface area contributed by atoms with E-state index in [9.17, 15) is 5.11 Å². The lowest BCUT2D eigenvalue weighted by molar-refractivity contribution is 0.110. The number of aromatic nitrogens is 2. The number of aliphatic hydroxyl groups excluding tert-OH is 2. The number of allylic oxidation sites excluding steroid dienone is 2. The van der Waals surface area contributed by atoms with E-state index in [1.54, 1.807) is 18.3 Å². The van der Waals surface area contributed by atoms with Crippen LogP contribution in [0.3, 0.4) is 0 Å². The van der Waals surface area contributed by atoms with Crippen LogP contribution in [0.1, 0.15) is 40.3 Å². The maximum atomic E-state index is 9.21. The van der Waals surface area contributed by atoms with Crippen LogP contribution in [0.15, 0.2) is 146 Å². The number of rotatable bonds is 10. The largest absolute Gasteiger partial charge is 0.392 e. The minimum absolute atomic E-state index is 0.0628. The molecule has 0 saturated heterocycles. The minimum Gasteiger partial charge on any atom is -0.392 e. The van der Waals surface area contributed by atoms with Crippen LogP contribution in [0, 0.1) is 5.92 Å². The van der Waals surface area contributed by atoms with Gasteiger partial charge in [-0.3, -0.25) is 0 Å². The Labute approximate surface area is 291 Å². The summed E-state index contributed by atoms with van der Waals surface area (Å²) >= 11 is 0. The van der Waals surface area contributed by atoms with E-state index in [4.69, 9.17) is 9.84 Å². The molecule has 3 heterocycles. The predicted molar refractivity (Wildman–Crippen MR) is 201 cm³/mol. The van der Waals surface area contributed by atoms with Crippen LogP contribution in [0.25, 0.3) is 0 Å². The van der Waals surface area contributed by atoms with Crippen LogP contribution in [0.2, 0.25) is 0 Å². The van der Waals surface area contributed by atoms with Crippen molar-refractivity contribution in [2.45, 2.75) is 45.8 Å². The molecule has 1 aliphatic rings. The SMILES string of the molecule is C=CC(=CC(=C)Nc1cc(CCc2cccc(CO)c2)ccn1)CO.C=CC1C=C(C)Nc2cc(ccn2)CCc2cccc(c2)COC1. The van der Waals surface area contributed by atoms with Gasteiger partial charge in [-0.15, -0.1) is 6.58 Å². The second-order valence-corrected chi connectivity index (χ2v) is 12.0. The Morgan fingerprint density at radius 3 is 2.37 bits per heavy atom. The first kappa shape index (κ1) is 36.8. The van der Waals surface area contributed by atoms with Gasteiger partial charge in [-0.1, -0.05) is 79.9 Å². The third kappa shape index (κ3) is 12.8. The molecule has 0 fully saturated rings. The summed E-state index contributed by atoms with van der Waals surface area (Å²) in [7, 11) is 0. The van der Waals surface area contributed by atoms with E-state index in [2.05, 4.69) is 88.9 Å². The van der Waals surface area contributed by atoms with E-state index in [-0.39, 0.29) is 19.1 Å². The van der Waals surface area contributed by atoms with Crippen molar-refractivity contribution >= 4 is 11.6 Å². The highest BCUT2D eigenvalue weighted by Gasteiger charge is 2.07. The van der Waals surface area contributed by atoms with Crippen molar-refractivity contribution in [1.29, 1.82) is 0 Å². The molecule has 0 saturated carbocycles. The Bertz CT molecular complexity index is 1760. The molecule has 2 aromatic heterocycles. The summed E-state index contributed by atoms with van der Waals surface area (Å²) in [6.07, 6.45) is 14.8. The Kier molecular flexibility index (Phi) is 14.8. The van der Waals surface area contributed by atoms with Crippen molar-refractivity contribution in [1.82, 2.24) is 9.97 Å². The Balaban J connectivity index is 0.000000221. The predicted octanol–water partition coefficient (Wildman–Crippen LogP) is 7.90. The molecule has 0 aliphatic carbocycles. The smallest absolute Gasteiger partial charge is 0.130 e. The molecule has 1 aliphatic heterocycles. The number of pyridine rings is 2. The maximum Gasteiger partial charge on any atom is 0.130 e. The highest BCUT2D eigenvalue weighted by Crippen LogP contribution is 2.17. The number of hydrogen-bond donors (Lipinski definition) is 4. The van der Waals surface area contributed by atoms with Gasteiger partial charge in [0, 0.05) is 29.7 Å². The van der Waals surface area contributed by atoms with Crippen molar-refractivity contribution in [3.8, 4) is 0 Å². The second kappa shape index (κ2) is 19.7. The quantitative estimate of drug-likeness (QED) is 0.102. The maximum absolute atomic E-state index is 9.21. The van der Waals surface area contributed by atoms with Gasteiger partial charge >= 0.3 is 0 Å². The molecule has 4 bridgehead atoms.